The second-order valence-corrected chi connectivity index (χ2v) is 20.1. The van der Waals surface area contributed by atoms with E-state index < -0.39 is 85.4 Å². The molecule has 1 aromatic heterocycles. The molecule has 1 saturated heterocycles. The van der Waals surface area contributed by atoms with Crippen LogP contribution in [0, 0.1) is 5.92 Å². The van der Waals surface area contributed by atoms with Crippen molar-refractivity contribution in [3.05, 3.63) is 46.6 Å². The van der Waals surface area contributed by atoms with Crippen molar-refractivity contribution in [1.82, 2.24) is 25.2 Å². The summed E-state index contributed by atoms with van der Waals surface area (Å²) < 4.78 is 69.2. The number of alkyl carbamates (subject to hydrolysis) is 1. The Morgan fingerprint density at radius 3 is 2.53 bits per heavy atom. The molecular weight excluding hydrogens is 784 g/mol. The number of amides is 4. The molecule has 5 aliphatic rings. The topological polar surface area (TPSA) is 173 Å². The number of rotatable bonds is 5. The Morgan fingerprint density at radius 2 is 1.86 bits per heavy atom. The average molecular weight is 834 g/mol. The SMILES string of the molecule is CC(C)(C)OC(=O)NC1CCCCCC=CC2CCC2(C(=O)NS(=O)(=O)C2(C)CC2)NC(=O)C2CC3(CCc4c(c(C(F)F)nc5ccc(Cl)cc45)O3)CN2C1=O. The molecule has 7 rings (SSSR count). The van der Waals surface area contributed by atoms with Gasteiger partial charge >= 0.3 is 6.09 Å². The lowest BCUT2D eigenvalue weighted by Gasteiger charge is -2.48. The van der Waals surface area contributed by atoms with Crippen molar-refractivity contribution in [1.29, 1.82) is 0 Å². The third-order valence-electron chi connectivity index (χ3n) is 12.2. The monoisotopic (exact) mass is 833 g/mol. The minimum atomic E-state index is -4.07. The Labute approximate surface area is 336 Å². The van der Waals surface area contributed by atoms with Crippen molar-refractivity contribution >= 4 is 56.3 Å². The zero-order chi connectivity index (χ0) is 41.1. The molecule has 5 unspecified atom stereocenters. The zero-order valence-corrected chi connectivity index (χ0v) is 34.2. The van der Waals surface area contributed by atoms with Gasteiger partial charge in [-0.05, 0) is 104 Å². The molecule has 13 nitrogen and oxygen atoms in total. The molecular formula is C40H50ClF2N5O8S. The summed E-state index contributed by atoms with van der Waals surface area (Å²) in [7, 11) is -4.07. The number of nitrogens with one attached hydrogen (secondary N) is 3. The van der Waals surface area contributed by atoms with Crippen molar-refractivity contribution < 1.29 is 45.9 Å². The van der Waals surface area contributed by atoms with Crippen LogP contribution >= 0.6 is 11.6 Å². The number of ether oxygens (including phenoxy) is 2. The largest absolute Gasteiger partial charge is 0.483 e. The highest BCUT2D eigenvalue weighted by atomic mass is 35.5. The molecule has 57 heavy (non-hydrogen) atoms. The first kappa shape index (κ1) is 41.1. The van der Waals surface area contributed by atoms with Crippen LogP contribution in [0.15, 0.2) is 30.4 Å². The van der Waals surface area contributed by atoms with Crippen LogP contribution in [0.25, 0.3) is 10.9 Å². The van der Waals surface area contributed by atoms with Crippen LogP contribution < -0.4 is 20.1 Å². The van der Waals surface area contributed by atoms with E-state index in [1.807, 2.05) is 12.2 Å². The number of alkyl halides is 2. The normalized spacial score (nSPS) is 28.8. The van der Waals surface area contributed by atoms with Crippen LogP contribution in [0.5, 0.6) is 5.75 Å². The number of allylic oxidation sites excluding steroid dienone is 1. The van der Waals surface area contributed by atoms with Crippen molar-refractivity contribution in [2.45, 2.75) is 145 Å². The fraction of sp³-hybridized carbons (Fsp3) is 0.625. The maximum Gasteiger partial charge on any atom is 0.408 e. The number of sulfonamides is 1. The second kappa shape index (κ2) is 15.0. The minimum Gasteiger partial charge on any atom is -0.483 e. The molecule has 4 amide bonds. The van der Waals surface area contributed by atoms with E-state index in [0.29, 0.717) is 60.0 Å². The van der Waals surface area contributed by atoms with Crippen LogP contribution in [-0.2, 0) is 35.6 Å². The number of aryl methyl sites for hydroxylation is 1. The van der Waals surface area contributed by atoms with Gasteiger partial charge in [0, 0.05) is 28.3 Å². The fourth-order valence-corrected chi connectivity index (χ4v) is 9.98. The van der Waals surface area contributed by atoms with Gasteiger partial charge in [-0.1, -0.05) is 36.6 Å². The minimum absolute atomic E-state index is 0.135. The molecule has 0 bridgehead atoms. The summed E-state index contributed by atoms with van der Waals surface area (Å²) in [5.74, 6) is -2.87. The molecule has 0 radical (unpaired) electrons. The number of halogens is 3. The molecule has 310 valence electrons. The van der Waals surface area contributed by atoms with Gasteiger partial charge in [-0.3, -0.25) is 19.1 Å². The highest BCUT2D eigenvalue weighted by molar-refractivity contribution is 7.91. The summed E-state index contributed by atoms with van der Waals surface area (Å²) in [4.78, 5) is 62.3. The van der Waals surface area contributed by atoms with E-state index >= 15 is 0 Å². The summed E-state index contributed by atoms with van der Waals surface area (Å²) in [6.45, 7) is 6.43. The van der Waals surface area contributed by atoms with Gasteiger partial charge in [0.1, 0.15) is 34.5 Å². The van der Waals surface area contributed by atoms with Crippen LogP contribution in [0.4, 0.5) is 13.6 Å². The van der Waals surface area contributed by atoms with Crippen LogP contribution in [0.2, 0.25) is 5.02 Å². The standard InChI is InChI=1S/C40H50ClF2N5O8S/c1-37(2,3)56-36(52)45-28-11-9-7-5-6-8-10-23-14-17-40(23,35(51)47-57(53,54)38(4)18-19-38)46-33(49)29-21-39(22-48(29)34(28)50)16-15-25-26-20-24(41)12-13-27(26)44-30(32(42)43)31(25)55-39/h8,10,12-13,20,23,28-29,32H,5-7,9,11,14-19,21-22H2,1-4H3,(H,45,52)(H,46,49)(H,47,51). The average Bonchev–Trinajstić information content (AvgIpc) is 3.78. The van der Waals surface area contributed by atoms with E-state index in [2.05, 4.69) is 20.3 Å². The molecule has 1 aromatic carbocycles. The number of hydrogen-bond acceptors (Lipinski definition) is 9. The molecule has 2 aliphatic carbocycles. The lowest BCUT2D eigenvalue weighted by Crippen LogP contribution is -2.70. The van der Waals surface area contributed by atoms with Gasteiger partial charge in [-0.25, -0.2) is 27.0 Å². The van der Waals surface area contributed by atoms with E-state index in [1.54, 1.807) is 45.9 Å². The summed E-state index contributed by atoms with van der Waals surface area (Å²) >= 11 is 6.30. The molecule has 2 saturated carbocycles. The van der Waals surface area contributed by atoms with Gasteiger partial charge in [0.05, 0.1) is 16.8 Å². The summed E-state index contributed by atoms with van der Waals surface area (Å²) in [5.41, 5.74) is -3.63. The number of carbonyl (C=O) groups is 4. The zero-order valence-electron chi connectivity index (χ0n) is 32.6. The highest BCUT2D eigenvalue weighted by Gasteiger charge is 2.60. The maximum absolute atomic E-state index is 14.8. The summed E-state index contributed by atoms with van der Waals surface area (Å²) in [6.07, 6.45) is 4.53. The lowest BCUT2D eigenvalue weighted by atomic mass is 9.65. The van der Waals surface area contributed by atoms with Gasteiger partial charge < -0.3 is 25.0 Å². The summed E-state index contributed by atoms with van der Waals surface area (Å²) in [5, 5.41) is 6.54. The number of aromatic nitrogens is 1. The van der Waals surface area contributed by atoms with Gasteiger partial charge in [0.25, 0.3) is 12.3 Å². The Hall–Kier alpha value is -4.05. The molecule has 17 heteroatoms. The second-order valence-electron chi connectivity index (χ2n) is 17.5. The number of nitrogens with zero attached hydrogens (tertiary/aromatic N) is 2. The summed E-state index contributed by atoms with van der Waals surface area (Å²) in [6, 6.07) is 2.35. The Balaban J connectivity index is 1.27. The smallest absolute Gasteiger partial charge is 0.408 e. The van der Waals surface area contributed by atoms with Crippen LogP contribution in [-0.4, -0.2) is 82.2 Å². The molecule has 1 spiro atoms. The first-order valence-corrected chi connectivity index (χ1v) is 21.6. The molecule has 5 atom stereocenters. The third-order valence-corrected chi connectivity index (χ3v) is 14.6. The fourth-order valence-electron chi connectivity index (χ4n) is 8.50. The van der Waals surface area contributed by atoms with E-state index in [9.17, 15) is 36.4 Å². The number of benzene rings is 1. The van der Waals surface area contributed by atoms with E-state index in [-0.39, 0.29) is 44.4 Å². The number of hydrogen-bond donors (Lipinski definition) is 3. The number of fused-ring (bicyclic) bond motifs is 5. The quantitative estimate of drug-likeness (QED) is 0.298. The maximum atomic E-state index is 14.8. The van der Waals surface area contributed by atoms with E-state index in [4.69, 9.17) is 21.1 Å². The Kier molecular flexibility index (Phi) is 10.8. The molecule has 2 aromatic rings. The third kappa shape index (κ3) is 8.04. The van der Waals surface area contributed by atoms with Gasteiger partial charge in [-0.2, -0.15) is 0 Å². The van der Waals surface area contributed by atoms with E-state index in [1.165, 1.54) is 4.90 Å². The van der Waals surface area contributed by atoms with Gasteiger partial charge in [0.2, 0.25) is 21.8 Å². The molecule has 3 aliphatic heterocycles. The van der Waals surface area contributed by atoms with Crippen molar-refractivity contribution in [2.24, 2.45) is 5.92 Å². The Bertz CT molecular complexity index is 2130. The van der Waals surface area contributed by atoms with Crippen LogP contribution in [0.3, 0.4) is 0 Å². The highest BCUT2D eigenvalue weighted by Crippen LogP contribution is 2.48. The molecule has 3 fully saturated rings. The van der Waals surface area contributed by atoms with Crippen molar-refractivity contribution in [3.8, 4) is 5.75 Å². The van der Waals surface area contributed by atoms with Gasteiger partial charge in [-0.15, -0.1) is 0 Å². The molecule has 3 N–H and O–H groups in total. The first-order valence-electron chi connectivity index (χ1n) is 19.7. The van der Waals surface area contributed by atoms with Crippen molar-refractivity contribution in [2.75, 3.05) is 6.54 Å². The lowest BCUT2D eigenvalue weighted by molar-refractivity contribution is -0.144. The van der Waals surface area contributed by atoms with E-state index in [0.717, 1.165) is 6.42 Å². The first-order chi connectivity index (χ1) is 26.8. The number of carbonyl (C=O) groups excluding carboxylic acids is 4. The predicted octanol–water partition coefficient (Wildman–Crippen LogP) is 6.17. The predicted molar refractivity (Wildman–Crippen MR) is 207 cm³/mol. The molecule has 4 heterocycles. The van der Waals surface area contributed by atoms with Crippen molar-refractivity contribution in [3.63, 3.8) is 0 Å². The van der Waals surface area contributed by atoms with Crippen LogP contribution in [0.1, 0.15) is 116 Å². The number of pyridine rings is 1. The Morgan fingerprint density at radius 1 is 1.11 bits per heavy atom. The van der Waals surface area contributed by atoms with Gasteiger partial charge in [0.15, 0.2) is 5.75 Å².